The molecule has 548 valence electrons. The van der Waals surface area contributed by atoms with Gasteiger partial charge in [0.2, 0.25) is 0 Å². The second kappa shape index (κ2) is 65.5. The van der Waals surface area contributed by atoms with E-state index in [-0.39, 0.29) is 25.7 Å². The first-order valence-electron chi connectivity index (χ1n) is 37.8. The molecular formula is C74H140O17P2. The first-order chi connectivity index (χ1) is 44.9. The van der Waals surface area contributed by atoms with Crippen LogP contribution in [0, 0.1) is 11.8 Å². The van der Waals surface area contributed by atoms with E-state index in [1.165, 1.54) is 161 Å². The van der Waals surface area contributed by atoms with Crippen molar-refractivity contribution in [2.24, 2.45) is 11.8 Å². The Labute approximate surface area is 567 Å². The summed E-state index contributed by atoms with van der Waals surface area (Å²) >= 11 is 0. The Morgan fingerprint density at radius 1 is 0.355 bits per heavy atom. The van der Waals surface area contributed by atoms with E-state index in [1.807, 2.05) is 0 Å². The third-order valence-electron chi connectivity index (χ3n) is 16.9. The largest absolute Gasteiger partial charge is 0.472 e. The summed E-state index contributed by atoms with van der Waals surface area (Å²) in [6, 6.07) is 0. The Balaban J connectivity index is 5.30. The Morgan fingerprint density at radius 3 is 0.968 bits per heavy atom. The van der Waals surface area contributed by atoms with Crippen LogP contribution < -0.4 is 0 Å². The van der Waals surface area contributed by atoms with Gasteiger partial charge in [0.1, 0.15) is 19.3 Å². The first kappa shape index (κ1) is 90.5. The number of phosphoric acid groups is 2. The number of hydrogen-bond acceptors (Lipinski definition) is 15. The van der Waals surface area contributed by atoms with E-state index in [1.54, 1.807) is 0 Å². The van der Waals surface area contributed by atoms with Gasteiger partial charge in [-0.05, 0) is 63.2 Å². The predicted molar refractivity (Wildman–Crippen MR) is 377 cm³/mol. The van der Waals surface area contributed by atoms with Crippen molar-refractivity contribution >= 4 is 39.5 Å². The van der Waals surface area contributed by atoms with E-state index < -0.39 is 97.5 Å². The lowest BCUT2D eigenvalue weighted by atomic mass is 9.99. The molecule has 0 spiro atoms. The summed E-state index contributed by atoms with van der Waals surface area (Å²) in [5.74, 6) is -0.579. The molecule has 0 rings (SSSR count). The summed E-state index contributed by atoms with van der Waals surface area (Å²) in [5.41, 5.74) is 0. The predicted octanol–water partition coefficient (Wildman–Crippen LogP) is 21.1. The number of aliphatic hydroxyl groups excluding tert-OH is 1. The fraction of sp³-hybridized carbons (Fsp3) is 0.892. The molecule has 6 atom stereocenters. The Bertz CT molecular complexity index is 1900. The van der Waals surface area contributed by atoms with Gasteiger partial charge >= 0.3 is 39.5 Å². The van der Waals surface area contributed by atoms with Crippen molar-refractivity contribution in [1.82, 2.24) is 0 Å². The van der Waals surface area contributed by atoms with Crippen LogP contribution in [0.2, 0.25) is 0 Å². The highest BCUT2D eigenvalue weighted by molar-refractivity contribution is 7.47. The summed E-state index contributed by atoms with van der Waals surface area (Å²) in [6.45, 7) is 9.53. The van der Waals surface area contributed by atoms with Crippen LogP contribution in [0.25, 0.3) is 0 Å². The minimum absolute atomic E-state index is 0.0849. The van der Waals surface area contributed by atoms with Gasteiger partial charge in [-0.2, -0.15) is 0 Å². The Morgan fingerprint density at radius 2 is 0.634 bits per heavy atom. The fourth-order valence-electron chi connectivity index (χ4n) is 10.7. The fourth-order valence-corrected chi connectivity index (χ4v) is 12.3. The van der Waals surface area contributed by atoms with E-state index in [0.717, 1.165) is 115 Å². The molecule has 0 aliphatic rings. The van der Waals surface area contributed by atoms with Gasteiger partial charge < -0.3 is 33.8 Å². The van der Waals surface area contributed by atoms with Gasteiger partial charge in [-0.25, -0.2) is 9.13 Å². The monoisotopic (exact) mass is 1360 g/mol. The van der Waals surface area contributed by atoms with Crippen molar-refractivity contribution in [2.75, 3.05) is 39.6 Å². The van der Waals surface area contributed by atoms with Gasteiger partial charge in [-0.15, -0.1) is 0 Å². The third kappa shape index (κ3) is 66.6. The lowest BCUT2D eigenvalue weighted by molar-refractivity contribution is -0.161. The molecule has 93 heavy (non-hydrogen) atoms. The lowest BCUT2D eigenvalue weighted by Gasteiger charge is -2.21. The molecule has 0 saturated carbocycles. The number of esters is 4. The van der Waals surface area contributed by atoms with Crippen LogP contribution in [-0.4, -0.2) is 96.7 Å². The topological polar surface area (TPSA) is 237 Å². The molecule has 0 saturated heterocycles. The number of hydrogen-bond donors (Lipinski definition) is 3. The van der Waals surface area contributed by atoms with Crippen molar-refractivity contribution in [1.29, 1.82) is 0 Å². The van der Waals surface area contributed by atoms with Crippen molar-refractivity contribution in [2.45, 2.75) is 374 Å². The molecule has 0 heterocycles. The molecule has 19 heteroatoms. The molecule has 17 nitrogen and oxygen atoms in total. The van der Waals surface area contributed by atoms with Crippen LogP contribution in [0.3, 0.4) is 0 Å². The van der Waals surface area contributed by atoms with Gasteiger partial charge in [-0.1, -0.05) is 303 Å². The van der Waals surface area contributed by atoms with E-state index in [2.05, 4.69) is 65.8 Å². The van der Waals surface area contributed by atoms with Crippen LogP contribution >= 0.6 is 15.6 Å². The maximum atomic E-state index is 13.1. The molecule has 0 aliphatic carbocycles. The van der Waals surface area contributed by atoms with Crippen molar-refractivity contribution in [3.05, 3.63) is 24.3 Å². The van der Waals surface area contributed by atoms with Crippen LogP contribution in [0.1, 0.15) is 356 Å². The minimum atomic E-state index is -4.96. The van der Waals surface area contributed by atoms with Gasteiger partial charge in [0.15, 0.2) is 12.2 Å². The maximum absolute atomic E-state index is 13.1. The summed E-state index contributed by atoms with van der Waals surface area (Å²) in [5, 5.41) is 10.6. The van der Waals surface area contributed by atoms with Crippen molar-refractivity contribution < 1.29 is 80.2 Å². The molecule has 0 fully saturated rings. The summed E-state index contributed by atoms with van der Waals surface area (Å²) in [6.07, 6.45) is 54.7. The van der Waals surface area contributed by atoms with Crippen molar-refractivity contribution in [3.63, 3.8) is 0 Å². The number of unbranched alkanes of at least 4 members (excludes halogenated alkanes) is 37. The van der Waals surface area contributed by atoms with Crippen LogP contribution in [0.5, 0.6) is 0 Å². The Kier molecular flexibility index (Phi) is 63.7. The molecule has 3 N–H and O–H groups in total. The lowest BCUT2D eigenvalue weighted by Crippen LogP contribution is -2.30. The standard InChI is InChI=1S/C74H140O17P2/c1-7-10-12-14-16-18-20-21-22-23-26-34-40-46-52-58-73(78)90-70(63-85-72(77)57-51-45-39-33-27-24-25-30-36-42-48-54-66(4)5)65-89-93(82,83)87-61-68(75)60-86-92(80,81)88-64-69(62-84-71(76)56-50-44-38-32-19-17-15-13-11-8-2)91-74(79)59-53-47-41-35-29-28-31-37-43-49-55-67(6)9-3/h18,20-22,66-70,75H,7-17,19,23-65H2,1-6H3,(H,80,81)(H,82,83)/b20-18-,22-21-/t67?,68-,69+,70+/m0/s1. The van der Waals surface area contributed by atoms with Crippen molar-refractivity contribution in [3.8, 4) is 0 Å². The summed E-state index contributed by atoms with van der Waals surface area (Å²) < 4.78 is 68.4. The summed E-state index contributed by atoms with van der Waals surface area (Å²) in [4.78, 5) is 72.7. The molecule has 0 aliphatic heterocycles. The molecule has 0 amide bonds. The van der Waals surface area contributed by atoms with Gasteiger partial charge in [-0.3, -0.25) is 37.3 Å². The zero-order chi connectivity index (χ0) is 68.6. The van der Waals surface area contributed by atoms with E-state index >= 15 is 0 Å². The number of carbonyl (C=O) groups is 4. The van der Waals surface area contributed by atoms with Crippen LogP contribution in [-0.2, 0) is 65.4 Å². The first-order valence-corrected chi connectivity index (χ1v) is 40.8. The van der Waals surface area contributed by atoms with Gasteiger partial charge in [0.25, 0.3) is 0 Å². The summed E-state index contributed by atoms with van der Waals surface area (Å²) in [7, 11) is -9.92. The van der Waals surface area contributed by atoms with Crippen LogP contribution in [0.15, 0.2) is 24.3 Å². The zero-order valence-corrected chi connectivity index (χ0v) is 61.8. The maximum Gasteiger partial charge on any atom is 0.472 e. The third-order valence-corrected chi connectivity index (χ3v) is 18.8. The average molecular weight is 1360 g/mol. The second-order valence-corrected chi connectivity index (χ2v) is 29.6. The quantitative estimate of drug-likeness (QED) is 0.0169. The molecule has 0 aromatic carbocycles. The number of phosphoric ester groups is 2. The molecule has 0 aromatic heterocycles. The number of allylic oxidation sites excluding steroid dienone is 4. The highest BCUT2D eigenvalue weighted by Gasteiger charge is 2.30. The Hall–Kier alpha value is -2.46. The molecule has 3 unspecified atom stereocenters. The SMILES string of the molecule is CCCCCC/C=C\C=C/CCCCCCCC(=O)O[C@H](COC(=O)CCCCCCCCCCCCCC(C)C)COP(=O)(O)OC[C@@H](O)COP(=O)(O)OC[C@@H](COC(=O)CCCCCCCCCCCC)OC(=O)CCCCCCCCCCCCC(C)CC. The normalized spacial score (nSPS) is 14.5. The number of carbonyl (C=O) groups excluding carboxylic acids is 4. The van der Waals surface area contributed by atoms with Gasteiger partial charge in [0, 0.05) is 25.7 Å². The number of ether oxygens (including phenoxy) is 4. The van der Waals surface area contributed by atoms with E-state index in [0.29, 0.717) is 25.7 Å². The highest BCUT2D eigenvalue weighted by Crippen LogP contribution is 2.45. The number of rotatable bonds is 71. The minimum Gasteiger partial charge on any atom is -0.462 e. The zero-order valence-electron chi connectivity index (χ0n) is 60.0. The van der Waals surface area contributed by atoms with Crippen LogP contribution in [0.4, 0.5) is 0 Å². The average Bonchev–Trinajstić information content (AvgIpc) is 2.16. The molecular weight excluding hydrogens is 1220 g/mol. The van der Waals surface area contributed by atoms with E-state index in [4.69, 9.17) is 37.0 Å². The van der Waals surface area contributed by atoms with Gasteiger partial charge in [0.05, 0.1) is 26.4 Å². The molecule has 0 aromatic rings. The second-order valence-electron chi connectivity index (χ2n) is 26.7. The smallest absolute Gasteiger partial charge is 0.462 e. The molecule has 0 bridgehead atoms. The highest BCUT2D eigenvalue weighted by atomic mass is 31.2. The molecule has 0 radical (unpaired) electrons. The van der Waals surface area contributed by atoms with E-state index in [9.17, 15) is 43.2 Å². The number of aliphatic hydroxyl groups is 1.